The quantitative estimate of drug-likeness (QED) is 0.902. The van der Waals surface area contributed by atoms with Gasteiger partial charge in [0.1, 0.15) is 0 Å². The van der Waals surface area contributed by atoms with Crippen molar-refractivity contribution in [3.8, 4) is 0 Å². The molecule has 1 atom stereocenters. The lowest BCUT2D eigenvalue weighted by Gasteiger charge is -2.13. The number of aryl methyl sites for hydroxylation is 1. The Balaban J connectivity index is 1.99. The fourth-order valence-electron chi connectivity index (χ4n) is 1.99. The van der Waals surface area contributed by atoms with Crippen molar-refractivity contribution in [1.29, 1.82) is 0 Å². The highest BCUT2D eigenvalue weighted by Crippen LogP contribution is 2.21. The zero-order valence-electron chi connectivity index (χ0n) is 11.3. The summed E-state index contributed by atoms with van der Waals surface area (Å²) in [6.45, 7) is 1.90. The predicted molar refractivity (Wildman–Crippen MR) is 82.8 cm³/mol. The normalized spacial score (nSPS) is 11.9. The SMILES string of the molecule is Cc1cc(Cl)ccc1NC(=O)CC(N)c1ccccc1. The van der Waals surface area contributed by atoms with E-state index in [1.807, 2.05) is 43.3 Å². The van der Waals surface area contributed by atoms with Crippen LogP contribution in [0.3, 0.4) is 0 Å². The molecule has 104 valence electrons. The van der Waals surface area contributed by atoms with E-state index in [0.717, 1.165) is 16.8 Å². The van der Waals surface area contributed by atoms with E-state index in [2.05, 4.69) is 5.32 Å². The van der Waals surface area contributed by atoms with E-state index in [-0.39, 0.29) is 18.4 Å². The number of anilines is 1. The number of carbonyl (C=O) groups excluding carboxylic acids is 1. The number of amides is 1. The number of hydrogen-bond acceptors (Lipinski definition) is 2. The molecule has 20 heavy (non-hydrogen) atoms. The minimum absolute atomic E-state index is 0.105. The number of nitrogens with one attached hydrogen (secondary N) is 1. The van der Waals surface area contributed by atoms with Crippen LogP contribution in [0, 0.1) is 6.92 Å². The summed E-state index contributed by atoms with van der Waals surface area (Å²) in [5, 5.41) is 3.51. The number of hydrogen-bond donors (Lipinski definition) is 2. The smallest absolute Gasteiger partial charge is 0.226 e. The van der Waals surface area contributed by atoms with Crippen molar-refractivity contribution in [1.82, 2.24) is 0 Å². The third-order valence-corrected chi connectivity index (χ3v) is 3.33. The third kappa shape index (κ3) is 3.83. The van der Waals surface area contributed by atoms with Gasteiger partial charge in [-0.05, 0) is 36.2 Å². The first-order valence-corrected chi connectivity index (χ1v) is 6.80. The van der Waals surface area contributed by atoms with Crippen molar-refractivity contribution in [3.05, 3.63) is 64.7 Å². The van der Waals surface area contributed by atoms with Gasteiger partial charge in [-0.25, -0.2) is 0 Å². The molecule has 2 aromatic carbocycles. The Bertz CT molecular complexity index is 599. The molecule has 4 heteroatoms. The molecule has 0 bridgehead atoms. The van der Waals surface area contributed by atoms with Crippen LogP contribution in [0.1, 0.15) is 23.6 Å². The molecule has 1 amide bonds. The minimum atomic E-state index is -0.302. The molecule has 0 heterocycles. The Morgan fingerprint density at radius 3 is 2.60 bits per heavy atom. The van der Waals surface area contributed by atoms with E-state index in [1.165, 1.54) is 0 Å². The van der Waals surface area contributed by atoms with Crippen molar-refractivity contribution in [2.75, 3.05) is 5.32 Å². The fourth-order valence-corrected chi connectivity index (χ4v) is 2.21. The maximum Gasteiger partial charge on any atom is 0.226 e. The molecule has 0 saturated heterocycles. The molecule has 0 aliphatic carbocycles. The zero-order chi connectivity index (χ0) is 14.5. The predicted octanol–water partition coefficient (Wildman–Crippen LogP) is 3.68. The average molecular weight is 289 g/mol. The molecule has 0 spiro atoms. The van der Waals surface area contributed by atoms with Crippen LogP contribution in [0.25, 0.3) is 0 Å². The minimum Gasteiger partial charge on any atom is -0.326 e. The van der Waals surface area contributed by atoms with Crippen molar-refractivity contribution >= 4 is 23.2 Å². The summed E-state index contributed by atoms with van der Waals surface area (Å²) in [6, 6.07) is 14.7. The summed E-state index contributed by atoms with van der Waals surface area (Å²) in [5.74, 6) is -0.105. The Kier molecular flexibility index (Phi) is 4.77. The maximum atomic E-state index is 12.0. The monoisotopic (exact) mass is 288 g/mol. The maximum absolute atomic E-state index is 12.0. The second-order valence-corrected chi connectivity index (χ2v) is 5.17. The third-order valence-electron chi connectivity index (χ3n) is 3.10. The topological polar surface area (TPSA) is 55.1 Å². The van der Waals surface area contributed by atoms with Crippen LogP contribution < -0.4 is 11.1 Å². The molecule has 0 aromatic heterocycles. The van der Waals surface area contributed by atoms with Crippen LogP contribution in [-0.2, 0) is 4.79 Å². The van der Waals surface area contributed by atoms with Gasteiger partial charge >= 0.3 is 0 Å². The van der Waals surface area contributed by atoms with Gasteiger partial charge in [0, 0.05) is 23.2 Å². The highest BCUT2D eigenvalue weighted by molar-refractivity contribution is 6.30. The number of halogens is 1. The first-order chi connectivity index (χ1) is 9.56. The van der Waals surface area contributed by atoms with E-state index in [1.54, 1.807) is 12.1 Å². The molecule has 0 saturated carbocycles. The summed E-state index contributed by atoms with van der Waals surface area (Å²) in [4.78, 5) is 12.0. The Morgan fingerprint density at radius 2 is 1.95 bits per heavy atom. The van der Waals surface area contributed by atoms with Gasteiger partial charge in [0.25, 0.3) is 0 Å². The molecule has 3 nitrogen and oxygen atoms in total. The van der Waals surface area contributed by atoms with Crippen LogP contribution in [0.2, 0.25) is 5.02 Å². The second kappa shape index (κ2) is 6.55. The van der Waals surface area contributed by atoms with Crippen LogP contribution in [0.4, 0.5) is 5.69 Å². The first kappa shape index (κ1) is 14.6. The summed E-state index contributed by atoms with van der Waals surface area (Å²) in [7, 11) is 0. The van der Waals surface area contributed by atoms with E-state index in [4.69, 9.17) is 17.3 Å². The number of benzene rings is 2. The van der Waals surface area contributed by atoms with Gasteiger partial charge in [0.2, 0.25) is 5.91 Å². The lowest BCUT2D eigenvalue weighted by atomic mass is 10.0. The summed E-state index contributed by atoms with van der Waals surface area (Å²) < 4.78 is 0. The van der Waals surface area contributed by atoms with Crippen LogP contribution in [0.5, 0.6) is 0 Å². The molecule has 1 unspecified atom stereocenters. The molecular formula is C16H17ClN2O. The molecule has 2 aromatic rings. The lowest BCUT2D eigenvalue weighted by Crippen LogP contribution is -2.20. The molecule has 0 aliphatic heterocycles. The number of carbonyl (C=O) groups is 1. The fraction of sp³-hybridized carbons (Fsp3) is 0.188. The van der Waals surface area contributed by atoms with Gasteiger partial charge in [0.15, 0.2) is 0 Å². The van der Waals surface area contributed by atoms with Crippen LogP contribution >= 0.6 is 11.6 Å². The van der Waals surface area contributed by atoms with Crippen molar-refractivity contribution in [2.24, 2.45) is 5.73 Å². The van der Waals surface area contributed by atoms with E-state index in [0.29, 0.717) is 5.02 Å². The van der Waals surface area contributed by atoms with Crippen molar-refractivity contribution in [3.63, 3.8) is 0 Å². The van der Waals surface area contributed by atoms with Gasteiger partial charge in [-0.2, -0.15) is 0 Å². The Morgan fingerprint density at radius 1 is 1.25 bits per heavy atom. The average Bonchev–Trinajstić information content (AvgIpc) is 2.43. The standard InChI is InChI=1S/C16H17ClN2O/c1-11-9-13(17)7-8-15(11)19-16(20)10-14(18)12-5-3-2-4-6-12/h2-9,14H,10,18H2,1H3,(H,19,20). The molecule has 2 rings (SSSR count). The van der Waals surface area contributed by atoms with Gasteiger partial charge in [-0.3, -0.25) is 4.79 Å². The second-order valence-electron chi connectivity index (χ2n) is 4.73. The molecule has 0 fully saturated rings. The molecular weight excluding hydrogens is 272 g/mol. The van der Waals surface area contributed by atoms with Gasteiger partial charge < -0.3 is 11.1 Å². The summed E-state index contributed by atoms with van der Waals surface area (Å²) in [5.41, 5.74) is 8.68. The van der Waals surface area contributed by atoms with Gasteiger partial charge in [0.05, 0.1) is 0 Å². The highest BCUT2D eigenvalue weighted by atomic mass is 35.5. The van der Waals surface area contributed by atoms with E-state index >= 15 is 0 Å². The zero-order valence-corrected chi connectivity index (χ0v) is 12.0. The lowest BCUT2D eigenvalue weighted by molar-refractivity contribution is -0.116. The Hall–Kier alpha value is -1.84. The Labute approximate surface area is 123 Å². The summed E-state index contributed by atoms with van der Waals surface area (Å²) in [6.07, 6.45) is 0.242. The molecule has 3 N–H and O–H groups in total. The highest BCUT2D eigenvalue weighted by Gasteiger charge is 2.12. The van der Waals surface area contributed by atoms with Gasteiger partial charge in [-0.1, -0.05) is 41.9 Å². The van der Waals surface area contributed by atoms with E-state index < -0.39 is 0 Å². The largest absolute Gasteiger partial charge is 0.326 e. The first-order valence-electron chi connectivity index (χ1n) is 6.43. The molecule has 0 radical (unpaired) electrons. The van der Waals surface area contributed by atoms with Gasteiger partial charge in [-0.15, -0.1) is 0 Å². The summed E-state index contributed by atoms with van der Waals surface area (Å²) >= 11 is 5.89. The van der Waals surface area contributed by atoms with E-state index in [9.17, 15) is 4.79 Å². The van der Waals surface area contributed by atoms with Crippen LogP contribution in [0.15, 0.2) is 48.5 Å². The number of nitrogens with two attached hydrogens (primary N) is 1. The van der Waals surface area contributed by atoms with Crippen molar-refractivity contribution in [2.45, 2.75) is 19.4 Å². The molecule has 0 aliphatic rings. The van der Waals surface area contributed by atoms with Crippen LogP contribution in [-0.4, -0.2) is 5.91 Å². The van der Waals surface area contributed by atoms with Crippen molar-refractivity contribution < 1.29 is 4.79 Å². The number of rotatable bonds is 4.